The number of amides is 1. The Kier molecular flexibility index (Phi) is 7.73. The number of benzene rings is 1. The molecule has 1 aliphatic heterocycles. The highest BCUT2D eigenvalue weighted by Gasteiger charge is 2.31. The first-order valence-corrected chi connectivity index (χ1v) is 9.06. The highest BCUT2D eigenvalue weighted by molar-refractivity contribution is 5.86. The molecule has 6 heteroatoms. The smallest absolute Gasteiger partial charge is 0.305 e. The zero-order chi connectivity index (χ0) is 18.1. The summed E-state index contributed by atoms with van der Waals surface area (Å²) >= 11 is 0. The Morgan fingerprint density at radius 1 is 1.32 bits per heavy atom. The van der Waals surface area contributed by atoms with Crippen molar-refractivity contribution in [2.75, 3.05) is 19.7 Å². The Bertz CT molecular complexity index is 576. The van der Waals surface area contributed by atoms with Gasteiger partial charge in [-0.2, -0.15) is 0 Å². The van der Waals surface area contributed by atoms with Gasteiger partial charge < -0.3 is 15.2 Å². The largest absolute Gasteiger partial charge is 0.493 e. The molecular weight excluding hydrogens is 320 g/mol. The van der Waals surface area contributed by atoms with Gasteiger partial charge in [0, 0.05) is 25.2 Å². The lowest BCUT2D eigenvalue weighted by atomic mass is 10.1. The number of unbranched alkanes of at least 4 members (excludes halogenated alkanes) is 3. The van der Waals surface area contributed by atoms with Crippen molar-refractivity contribution in [1.29, 1.82) is 0 Å². The van der Waals surface area contributed by atoms with Gasteiger partial charge in [-0.3, -0.25) is 14.5 Å². The maximum atomic E-state index is 12.0. The average molecular weight is 348 g/mol. The highest BCUT2D eigenvalue weighted by atomic mass is 16.5. The molecule has 0 aromatic heterocycles. The molecule has 1 aromatic carbocycles. The van der Waals surface area contributed by atoms with E-state index in [-0.39, 0.29) is 12.3 Å². The van der Waals surface area contributed by atoms with Gasteiger partial charge in [0.1, 0.15) is 11.8 Å². The van der Waals surface area contributed by atoms with Crippen molar-refractivity contribution in [2.24, 2.45) is 0 Å². The summed E-state index contributed by atoms with van der Waals surface area (Å²) in [5.74, 6) is -0.363. The van der Waals surface area contributed by atoms with Crippen LogP contribution in [-0.4, -0.2) is 47.6 Å². The van der Waals surface area contributed by atoms with E-state index in [2.05, 4.69) is 12.2 Å². The minimum atomic E-state index is -0.965. The number of carbonyl (C=O) groups is 2. The van der Waals surface area contributed by atoms with E-state index in [1.54, 1.807) is 0 Å². The Balaban J connectivity index is 2.00. The van der Waals surface area contributed by atoms with Gasteiger partial charge in [0.15, 0.2) is 0 Å². The summed E-state index contributed by atoms with van der Waals surface area (Å²) in [7, 11) is 0. The lowest BCUT2D eigenvalue weighted by Crippen LogP contribution is -2.55. The number of para-hydroxylation sites is 1. The normalized spacial score (nSPS) is 18.0. The van der Waals surface area contributed by atoms with Gasteiger partial charge in [-0.25, -0.2) is 0 Å². The summed E-state index contributed by atoms with van der Waals surface area (Å²) in [6, 6.07) is 7.15. The van der Waals surface area contributed by atoms with Crippen molar-refractivity contribution >= 4 is 11.9 Å². The minimum absolute atomic E-state index is 0.189. The maximum Gasteiger partial charge on any atom is 0.305 e. The van der Waals surface area contributed by atoms with Crippen LogP contribution in [0.5, 0.6) is 5.75 Å². The van der Waals surface area contributed by atoms with Crippen LogP contribution < -0.4 is 10.1 Å². The van der Waals surface area contributed by atoms with Crippen molar-refractivity contribution in [1.82, 2.24) is 10.2 Å². The molecule has 25 heavy (non-hydrogen) atoms. The van der Waals surface area contributed by atoms with Crippen LogP contribution in [0.2, 0.25) is 0 Å². The van der Waals surface area contributed by atoms with Gasteiger partial charge in [0.05, 0.1) is 13.0 Å². The monoisotopic (exact) mass is 348 g/mol. The fourth-order valence-corrected chi connectivity index (χ4v) is 3.04. The van der Waals surface area contributed by atoms with E-state index >= 15 is 0 Å². The number of carboxylic acid groups (broad SMARTS) is 1. The van der Waals surface area contributed by atoms with E-state index in [1.807, 2.05) is 29.2 Å². The number of aliphatic carboxylic acids is 1. The summed E-state index contributed by atoms with van der Waals surface area (Å²) in [5, 5.41) is 11.8. The molecule has 2 N–H and O–H groups in total. The number of ether oxygens (including phenoxy) is 1. The zero-order valence-electron chi connectivity index (χ0n) is 14.9. The highest BCUT2D eigenvalue weighted by Crippen LogP contribution is 2.22. The second-order valence-electron chi connectivity index (χ2n) is 6.39. The molecule has 1 atom stereocenters. The van der Waals surface area contributed by atoms with Crippen LogP contribution >= 0.6 is 0 Å². The van der Waals surface area contributed by atoms with Gasteiger partial charge in [0.25, 0.3) is 0 Å². The summed E-state index contributed by atoms with van der Waals surface area (Å²) in [6.45, 7) is 4.54. The fraction of sp³-hybridized carbons (Fsp3) is 0.579. The van der Waals surface area contributed by atoms with E-state index in [0.717, 1.165) is 24.2 Å². The van der Waals surface area contributed by atoms with Crippen LogP contribution in [0.25, 0.3) is 0 Å². The van der Waals surface area contributed by atoms with E-state index in [1.165, 1.54) is 12.8 Å². The lowest BCUT2D eigenvalue weighted by molar-refractivity contribution is -0.143. The van der Waals surface area contributed by atoms with Crippen LogP contribution in [0.1, 0.15) is 44.6 Å². The zero-order valence-corrected chi connectivity index (χ0v) is 14.9. The van der Waals surface area contributed by atoms with Crippen LogP contribution in [0.15, 0.2) is 24.3 Å². The molecule has 138 valence electrons. The second kappa shape index (κ2) is 10.0. The quantitative estimate of drug-likeness (QED) is 0.635. The molecule has 1 saturated heterocycles. The van der Waals surface area contributed by atoms with Crippen LogP contribution in [0.4, 0.5) is 0 Å². The molecule has 1 amide bonds. The molecule has 0 aliphatic carbocycles. The Labute approximate surface area is 149 Å². The predicted octanol–water partition coefficient (Wildman–Crippen LogP) is 2.42. The molecule has 0 spiro atoms. The third-order valence-corrected chi connectivity index (χ3v) is 4.41. The fourth-order valence-electron chi connectivity index (χ4n) is 3.04. The van der Waals surface area contributed by atoms with E-state index in [4.69, 9.17) is 9.84 Å². The first kappa shape index (κ1) is 19.2. The number of hydrogen-bond acceptors (Lipinski definition) is 4. The van der Waals surface area contributed by atoms with Crippen molar-refractivity contribution in [2.45, 2.75) is 51.6 Å². The van der Waals surface area contributed by atoms with E-state index < -0.39 is 12.0 Å². The van der Waals surface area contributed by atoms with Gasteiger partial charge >= 0.3 is 5.97 Å². The van der Waals surface area contributed by atoms with Crippen molar-refractivity contribution < 1.29 is 19.4 Å². The van der Waals surface area contributed by atoms with Crippen LogP contribution in [0.3, 0.4) is 0 Å². The maximum absolute atomic E-state index is 12.0. The molecule has 1 aliphatic rings. The predicted molar refractivity (Wildman–Crippen MR) is 95.5 cm³/mol. The lowest BCUT2D eigenvalue weighted by Gasteiger charge is -2.34. The molecule has 1 heterocycles. The van der Waals surface area contributed by atoms with Crippen molar-refractivity contribution in [3.8, 4) is 5.75 Å². The molecule has 0 saturated carbocycles. The number of piperazine rings is 1. The number of hydrogen-bond donors (Lipinski definition) is 2. The van der Waals surface area contributed by atoms with Gasteiger partial charge in [-0.1, -0.05) is 44.4 Å². The second-order valence-corrected chi connectivity index (χ2v) is 6.39. The Morgan fingerprint density at radius 2 is 2.12 bits per heavy atom. The summed E-state index contributed by atoms with van der Waals surface area (Å²) < 4.78 is 5.92. The molecule has 1 aromatic rings. The number of rotatable bonds is 10. The average Bonchev–Trinajstić information content (AvgIpc) is 2.59. The molecule has 0 bridgehead atoms. The standard InChI is InChI=1S/C19H28N2O4/c1-2-3-4-7-12-25-17-9-6-5-8-15(17)14-21-11-10-20-19(24)16(21)13-18(22)23/h5-6,8-9,16H,2-4,7,10-14H2,1H3,(H,20,24)(H,22,23). The number of carbonyl (C=O) groups excluding carboxylic acids is 1. The molecular formula is C19H28N2O4. The SMILES string of the molecule is CCCCCCOc1ccccc1CN1CCNC(=O)C1CC(=O)O. The van der Waals surface area contributed by atoms with Crippen molar-refractivity contribution in [3.05, 3.63) is 29.8 Å². The van der Waals surface area contributed by atoms with Gasteiger partial charge in [-0.05, 0) is 12.5 Å². The van der Waals surface area contributed by atoms with Crippen LogP contribution in [-0.2, 0) is 16.1 Å². The minimum Gasteiger partial charge on any atom is -0.493 e. The number of nitrogens with one attached hydrogen (secondary N) is 1. The molecule has 0 radical (unpaired) electrons. The Morgan fingerprint density at radius 3 is 2.88 bits per heavy atom. The van der Waals surface area contributed by atoms with Crippen molar-refractivity contribution in [3.63, 3.8) is 0 Å². The summed E-state index contributed by atoms with van der Waals surface area (Å²) in [4.78, 5) is 25.0. The van der Waals surface area contributed by atoms with Gasteiger partial charge in [0.2, 0.25) is 5.91 Å². The Hall–Kier alpha value is -2.08. The molecule has 6 nitrogen and oxygen atoms in total. The van der Waals surface area contributed by atoms with E-state index in [0.29, 0.717) is 26.2 Å². The topological polar surface area (TPSA) is 78.9 Å². The number of carboxylic acids is 1. The summed E-state index contributed by atoms with van der Waals surface area (Å²) in [6.07, 6.45) is 4.40. The van der Waals surface area contributed by atoms with Crippen LogP contribution in [0, 0.1) is 0 Å². The molecule has 2 rings (SSSR count). The first-order chi connectivity index (χ1) is 12.1. The summed E-state index contributed by atoms with van der Waals surface area (Å²) in [5.41, 5.74) is 0.989. The third-order valence-electron chi connectivity index (χ3n) is 4.41. The van der Waals surface area contributed by atoms with Gasteiger partial charge in [-0.15, -0.1) is 0 Å². The number of nitrogens with zero attached hydrogens (tertiary/aromatic N) is 1. The molecule has 1 unspecified atom stereocenters. The molecule has 1 fully saturated rings. The first-order valence-electron chi connectivity index (χ1n) is 9.06. The van der Waals surface area contributed by atoms with E-state index in [9.17, 15) is 9.59 Å². The third kappa shape index (κ3) is 6.05.